The minimum absolute atomic E-state index is 0.366. The van der Waals surface area contributed by atoms with Crippen LogP contribution in [0, 0.1) is 0 Å². The third-order valence-corrected chi connectivity index (χ3v) is 2.21. The van der Waals surface area contributed by atoms with E-state index in [2.05, 4.69) is 10.3 Å². The summed E-state index contributed by atoms with van der Waals surface area (Å²) in [6, 6.07) is 0. The van der Waals surface area contributed by atoms with E-state index in [1.807, 2.05) is 7.05 Å². The third-order valence-electron chi connectivity index (χ3n) is 2.21. The van der Waals surface area contributed by atoms with Crippen LogP contribution in [-0.2, 0) is 11.3 Å². The van der Waals surface area contributed by atoms with E-state index < -0.39 is 0 Å². The van der Waals surface area contributed by atoms with E-state index in [1.165, 1.54) is 0 Å². The lowest BCUT2D eigenvalue weighted by molar-refractivity contribution is 0.190. The fourth-order valence-electron chi connectivity index (χ4n) is 1.50. The van der Waals surface area contributed by atoms with Gasteiger partial charge in [0.2, 0.25) is 0 Å². The predicted molar refractivity (Wildman–Crippen MR) is 47.4 cm³/mol. The number of rotatable bonds is 3. The monoisotopic (exact) mass is 182 g/mol. The van der Waals surface area contributed by atoms with Crippen molar-refractivity contribution in [2.75, 3.05) is 20.3 Å². The molecule has 0 aliphatic carbocycles. The van der Waals surface area contributed by atoms with Gasteiger partial charge in [-0.15, -0.1) is 0 Å². The maximum Gasteiger partial charge on any atom is 0.199 e. The second-order valence-electron chi connectivity index (χ2n) is 3.27. The van der Waals surface area contributed by atoms with Crippen molar-refractivity contribution in [3.05, 3.63) is 17.8 Å². The molecule has 0 saturated carbocycles. The second-order valence-corrected chi connectivity index (χ2v) is 3.27. The number of hydrogen-bond acceptors (Lipinski definition) is 4. The topological polar surface area (TPSA) is 47.3 Å². The number of oxazole rings is 1. The van der Waals surface area contributed by atoms with Gasteiger partial charge in [0.15, 0.2) is 5.89 Å². The highest BCUT2D eigenvalue weighted by atomic mass is 16.5. The quantitative estimate of drug-likeness (QED) is 0.754. The summed E-state index contributed by atoms with van der Waals surface area (Å²) in [4.78, 5) is 4.37. The molecule has 1 atom stereocenters. The van der Waals surface area contributed by atoms with Gasteiger partial charge in [-0.3, -0.25) is 0 Å². The van der Waals surface area contributed by atoms with Crippen molar-refractivity contribution in [1.82, 2.24) is 10.3 Å². The Morgan fingerprint density at radius 3 is 3.31 bits per heavy atom. The molecule has 2 heterocycles. The molecule has 1 aliphatic heterocycles. The van der Waals surface area contributed by atoms with Gasteiger partial charge >= 0.3 is 0 Å². The molecule has 4 nitrogen and oxygen atoms in total. The highest BCUT2D eigenvalue weighted by molar-refractivity contribution is 5.01. The van der Waals surface area contributed by atoms with E-state index in [4.69, 9.17) is 9.15 Å². The Morgan fingerprint density at radius 1 is 1.69 bits per heavy atom. The summed E-state index contributed by atoms with van der Waals surface area (Å²) in [5.74, 6) is 1.19. The Hall–Kier alpha value is -0.870. The summed E-state index contributed by atoms with van der Waals surface area (Å²) < 4.78 is 10.6. The van der Waals surface area contributed by atoms with Crippen LogP contribution in [-0.4, -0.2) is 25.2 Å². The SMILES string of the molecule is CNCc1coc(C2CCOC2)n1. The molecule has 1 N–H and O–H groups in total. The smallest absolute Gasteiger partial charge is 0.199 e. The number of hydrogen-bond donors (Lipinski definition) is 1. The molecule has 4 heteroatoms. The molecule has 0 spiro atoms. The molecule has 1 aromatic rings. The lowest BCUT2D eigenvalue weighted by atomic mass is 10.1. The van der Waals surface area contributed by atoms with Gasteiger partial charge in [-0.25, -0.2) is 4.98 Å². The maximum absolute atomic E-state index is 5.37. The predicted octanol–water partition coefficient (Wildman–Crippen LogP) is 0.898. The van der Waals surface area contributed by atoms with Gasteiger partial charge in [-0.1, -0.05) is 0 Å². The van der Waals surface area contributed by atoms with Gasteiger partial charge in [-0.05, 0) is 13.5 Å². The average Bonchev–Trinajstić information content (AvgIpc) is 2.70. The van der Waals surface area contributed by atoms with Crippen LogP contribution in [0.2, 0.25) is 0 Å². The zero-order chi connectivity index (χ0) is 9.10. The van der Waals surface area contributed by atoms with Crippen LogP contribution < -0.4 is 5.32 Å². The van der Waals surface area contributed by atoms with Crippen LogP contribution in [0.3, 0.4) is 0 Å². The van der Waals surface area contributed by atoms with Crippen LogP contribution in [0.25, 0.3) is 0 Å². The summed E-state index contributed by atoms with van der Waals surface area (Å²) in [6.07, 6.45) is 2.74. The Kier molecular flexibility index (Phi) is 2.61. The summed E-state index contributed by atoms with van der Waals surface area (Å²) in [7, 11) is 1.90. The highest BCUT2D eigenvalue weighted by Crippen LogP contribution is 2.24. The van der Waals surface area contributed by atoms with Crippen molar-refractivity contribution in [3.63, 3.8) is 0 Å². The number of aromatic nitrogens is 1. The van der Waals surface area contributed by atoms with Gasteiger partial charge in [0.25, 0.3) is 0 Å². The first-order valence-corrected chi connectivity index (χ1v) is 4.57. The maximum atomic E-state index is 5.37. The van der Waals surface area contributed by atoms with E-state index in [-0.39, 0.29) is 0 Å². The van der Waals surface area contributed by atoms with Gasteiger partial charge < -0.3 is 14.5 Å². The number of ether oxygens (including phenoxy) is 1. The lowest BCUT2D eigenvalue weighted by Gasteiger charge is -1.99. The van der Waals surface area contributed by atoms with Crippen molar-refractivity contribution in [3.8, 4) is 0 Å². The molecule has 1 saturated heterocycles. The molecular formula is C9H14N2O2. The second kappa shape index (κ2) is 3.89. The number of nitrogens with one attached hydrogen (secondary N) is 1. The van der Waals surface area contributed by atoms with Gasteiger partial charge in [0.05, 0.1) is 18.2 Å². The van der Waals surface area contributed by atoms with Gasteiger partial charge in [0.1, 0.15) is 6.26 Å². The lowest BCUT2D eigenvalue weighted by Crippen LogP contribution is -2.06. The molecule has 1 aliphatic rings. The van der Waals surface area contributed by atoms with Crippen LogP contribution in [0.1, 0.15) is 23.9 Å². The minimum atomic E-state index is 0.366. The standard InChI is InChI=1S/C9H14N2O2/c1-10-4-8-6-13-9(11-8)7-2-3-12-5-7/h6-7,10H,2-5H2,1H3. The zero-order valence-electron chi connectivity index (χ0n) is 7.75. The fraction of sp³-hybridized carbons (Fsp3) is 0.667. The highest BCUT2D eigenvalue weighted by Gasteiger charge is 2.22. The normalized spacial score (nSPS) is 22.4. The third kappa shape index (κ3) is 1.89. The Labute approximate surface area is 77.3 Å². The largest absolute Gasteiger partial charge is 0.448 e. The molecular weight excluding hydrogens is 168 g/mol. The first-order chi connectivity index (χ1) is 6.40. The van der Waals surface area contributed by atoms with E-state index in [0.717, 1.165) is 37.8 Å². The molecule has 0 amide bonds. The van der Waals surface area contributed by atoms with Crippen LogP contribution in [0.15, 0.2) is 10.7 Å². The van der Waals surface area contributed by atoms with E-state index in [0.29, 0.717) is 5.92 Å². The summed E-state index contributed by atoms with van der Waals surface area (Å²) in [6.45, 7) is 2.34. The van der Waals surface area contributed by atoms with E-state index in [1.54, 1.807) is 6.26 Å². The van der Waals surface area contributed by atoms with Crippen molar-refractivity contribution in [2.24, 2.45) is 0 Å². The minimum Gasteiger partial charge on any atom is -0.448 e. The molecule has 13 heavy (non-hydrogen) atoms. The molecule has 1 aromatic heterocycles. The molecule has 0 aromatic carbocycles. The van der Waals surface area contributed by atoms with Crippen LogP contribution in [0.4, 0.5) is 0 Å². The molecule has 72 valence electrons. The van der Waals surface area contributed by atoms with Crippen LogP contribution >= 0.6 is 0 Å². The van der Waals surface area contributed by atoms with Gasteiger partial charge in [0, 0.05) is 13.2 Å². The van der Waals surface area contributed by atoms with E-state index in [9.17, 15) is 0 Å². The molecule has 1 fully saturated rings. The average molecular weight is 182 g/mol. The van der Waals surface area contributed by atoms with Gasteiger partial charge in [-0.2, -0.15) is 0 Å². The van der Waals surface area contributed by atoms with Crippen molar-refractivity contribution in [2.45, 2.75) is 18.9 Å². The first kappa shape index (κ1) is 8.72. The molecule has 2 rings (SSSR count). The van der Waals surface area contributed by atoms with Crippen molar-refractivity contribution < 1.29 is 9.15 Å². The van der Waals surface area contributed by atoms with Crippen LogP contribution in [0.5, 0.6) is 0 Å². The molecule has 0 radical (unpaired) electrons. The zero-order valence-corrected chi connectivity index (χ0v) is 7.75. The first-order valence-electron chi connectivity index (χ1n) is 4.57. The van der Waals surface area contributed by atoms with Crippen molar-refractivity contribution in [1.29, 1.82) is 0 Å². The van der Waals surface area contributed by atoms with Crippen molar-refractivity contribution >= 4 is 0 Å². The Morgan fingerprint density at radius 2 is 2.62 bits per heavy atom. The number of nitrogens with zero attached hydrogens (tertiary/aromatic N) is 1. The summed E-state index contributed by atoms with van der Waals surface area (Å²) in [5, 5.41) is 3.03. The summed E-state index contributed by atoms with van der Waals surface area (Å²) >= 11 is 0. The molecule has 1 unspecified atom stereocenters. The fourth-order valence-corrected chi connectivity index (χ4v) is 1.50. The Bertz CT molecular complexity index is 266. The Balaban J connectivity index is 2.03. The molecule has 0 bridgehead atoms. The van der Waals surface area contributed by atoms with E-state index >= 15 is 0 Å². The summed E-state index contributed by atoms with van der Waals surface area (Å²) in [5.41, 5.74) is 0.962.